The first-order valence-electron chi connectivity index (χ1n) is 4.06. The molecule has 0 fully saturated rings. The number of hydrogen-bond acceptors (Lipinski definition) is 2. The van der Waals surface area contributed by atoms with Crippen LogP contribution in [0, 0.1) is 34.1 Å². The van der Waals surface area contributed by atoms with Crippen LogP contribution in [0.5, 0.6) is 0 Å². The van der Waals surface area contributed by atoms with Crippen LogP contribution in [0.1, 0.15) is 18.4 Å². The first-order valence-corrected chi connectivity index (χ1v) is 4.06. The third-order valence-corrected chi connectivity index (χ3v) is 1.98. The van der Waals surface area contributed by atoms with E-state index in [-0.39, 0.29) is 5.56 Å². The minimum atomic E-state index is -1.08. The maximum absolute atomic E-state index is 13.3. The lowest BCUT2D eigenvalue weighted by Gasteiger charge is -2.06. The number of nitro benzene ring substituents is 1. The lowest BCUT2D eigenvalue weighted by atomic mass is 10.0. The largest absolute Gasteiger partial charge is 0.307 e. The van der Waals surface area contributed by atoms with E-state index < -0.39 is 28.2 Å². The highest BCUT2D eigenvalue weighted by molar-refractivity contribution is 5.39. The molecule has 1 aromatic rings. The van der Waals surface area contributed by atoms with Crippen LogP contribution in [0.15, 0.2) is 12.1 Å². The van der Waals surface area contributed by atoms with Gasteiger partial charge >= 0.3 is 5.69 Å². The maximum Gasteiger partial charge on any atom is 0.307 e. The fraction of sp³-hybridized carbons (Fsp3) is 0.200. The van der Waals surface area contributed by atoms with Gasteiger partial charge in [0.05, 0.1) is 11.0 Å². The normalized spacial score (nSPS) is 11.9. The highest BCUT2D eigenvalue weighted by Gasteiger charge is 2.20. The molecule has 0 amide bonds. The Labute approximate surface area is 84.9 Å². The van der Waals surface area contributed by atoms with Crippen LogP contribution in [0.3, 0.4) is 0 Å². The molecule has 0 heterocycles. The van der Waals surface area contributed by atoms with Gasteiger partial charge in [-0.25, -0.2) is 4.39 Å². The molecule has 0 aromatic heterocycles. The smallest absolute Gasteiger partial charge is 0.258 e. The fourth-order valence-electron chi connectivity index (χ4n) is 1.11. The van der Waals surface area contributed by atoms with Gasteiger partial charge in [-0.3, -0.25) is 10.1 Å². The van der Waals surface area contributed by atoms with E-state index in [1.807, 2.05) is 0 Å². The van der Waals surface area contributed by atoms with Crippen molar-refractivity contribution in [2.45, 2.75) is 12.8 Å². The van der Waals surface area contributed by atoms with E-state index in [2.05, 4.69) is 5.92 Å². The molecule has 0 bridgehead atoms. The van der Waals surface area contributed by atoms with E-state index in [1.165, 1.54) is 6.92 Å². The summed E-state index contributed by atoms with van der Waals surface area (Å²) in [6, 6.07) is 1.30. The van der Waals surface area contributed by atoms with Crippen LogP contribution in [0.25, 0.3) is 0 Å². The molecule has 0 aliphatic heterocycles. The zero-order valence-corrected chi connectivity index (χ0v) is 7.83. The average molecular weight is 211 g/mol. The van der Waals surface area contributed by atoms with Crippen molar-refractivity contribution in [2.75, 3.05) is 0 Å². The highest BCUT2D eigenvalue weighted by atomic mass is 19.1. The fourth-order valence-corrected chi connectivity index (χ4v) is 1.11. The third-order valence-electron chi connectivity index (χ3n) is 1.98. The van der Waals surface area contributed by atoms with Crippen LogP contribution >= 0.6 is 0 Å². The van der Waals surface area contributed by atoms with Gasteiger partial charge in [0.25, 0.3) is 0 Å². The zero-order chi connectivity index (χ0) is 11.6. The van der Waals surface area contributed by atoms with E-state index >= 15 is 0 Å². The number of halogens is 2. The number of nitrogens with zero attached hydrogens (tertiary/aromatic N) is 1. The minimum Gasteiger partial charge on any atom is -0.258 e. The Morgan fingerprint density at radius 3 is 2.53 bits per heavy atom. The summed E-state index contributed by atoms with van der Waals surface area (Å²) >= 11 is 0. The molecule has 1 atom stereocenters. The Morgan fingerprint density at radius 1 is 1.47 bits per heavy atom. The zero-order valence-electron chi connectivity index (χ0n) is 7.83. The van der Waals surface area contributed by atoms with Crippen LogP contribution in [0.4, 0.5) is 14.5 Å². The van der Waals surface area contributed by atoms with Gasteiger partial charge in [0.15, 0.2) is 0 Å². The molecule has 0 aliphatic carbocycles. The Bertz CT molecular complexity index is 451. The second-order valence-electron chi connectivity index (χ2n) is 2.97. The molecular formula is C10H7F2NO2. The monoisotopic (exact) mass is 211 g/mol. The molecule has 0 aliphatic rings. The molecule has 0 radical (unpaired) electrons. The Hall–Kier alpha value is -1.96. The van der Waals surface area contributed by atoms with Crippen molar-refractivity contribution in [3.05, 3.63) is 39.4 Å². The van der Waals surface area contributed by atoms with Gasteiger partial charge < -0.3 is 0 Å². The quantitative estimate of drug-likeness (QED) is 0.428. The van der Waals surface area contributed by atoms with Crippen molar-refractivity contribution >= 4 is 5.69 Å². The second kappa shape index (κ2) is 4.05. The minimum absolute atomic E-state index is 0.0550. The highest BCUT2D eigenvalue weighted by Crippen LogP contribution is 2.25. The molecule has 1 rings (SSSR count). The number of nitro groups is 1. The molecular weight excluding hydrogens is 204 g/mol. The van der Waals surface area contributed by atoms with Gasteiger partial charge in [-0.05, 0) is 13.0 Å². The first-order chi connectivity index (χ1) is 6.97. The molecule has 78 valence electrons. The molecule has 0 N–H and O–H groups in total. The van der Waals surface area contributed by atoms with Crippen molar-refractivity contribution < 1.29 is 13.7 Å². The van der Waals surface area contributed by atoms with Crippen molar-refractivity contribution in [1.82, 2.24) is 0 Å². The van der Waals surface area contributed by atoms with E-state index in [4.69, 9.17) is 6.42 Å². The Balaban J connectivity index is 3.33. The summed E-state index contributed by atoms with van der Waals surface area (Å²) in [6.45, 7) is 1.50. The molecule has 15 heavy (non-hydrogen) atoms. The van der Waals surface area contributed by atoms with E-state index in [0.29, 0.717) is 6.07 Å². The summed E-state index contributed by atoms with van der Waals surface area (Å²) in [5, 5.41) is 10.3. The van der Waals surface area contributed by atoms with E-state index in [9.17, 15) is 18.9 Å². The summed E-state index contributed by atoms with van der Waals surface area (Å²) < 4.78 is 26.4. The summed E-state index contributed by atoms with van der Waals surface area (Å²) in [6.07, 6.45) is 5.05. The second-order valence-corrected chi connectivity index (χ2v) is 2.97. The molecule has 0 spiro atoms. The molecule has 0 saturated heterocycles. The maximum atomic E-state index is 13.3. The molecule has 0 saturated carbocycles. The molecule has 1 unspecified atom stereocenters. The van der Waals surface area contributed by atoms with Crippen molar-refractivity contribution in [2.24, 2.45) is 0 Å². The van der Waals surface area contributed by atoms with E-state index in [0.717, 1.165) is 6.07 Å². The topological polar surface area (TPSA) is 43.1 Å². The summed E-state index contributed by atoms with van der Waals surface area (Å²) in [5.74, 6) is -0.355. The Kier molecular flexibility index (Phi) is 3.00. The third kappa shape index (κ3) is 2.10. The number of rotatable bonds is 2. The van der Waals surface area contributed by atoms with Gasteiger partial charge in [-0.1, -0.05) is 5.92 Å². The predicted molar refractivity (Wildman–Crippen MR) is 50.3 cm³/mol. The SMILES string of the molecule is C#CC(C)c1cc(F)c([N+](=O)[O-])cc1F. The summed E-state index contributed by atoms with van der Waals surface area (Å²) in [5.41, 5.74) is -0.943. The van der Waals surface area contributed by atoms with Gasteiger partial charge in [0.2, 0.25) is 5.82 Å². The standard InChI is InChI=1S/C10H7F2NO2/c1-3-6(2)7-4-9(12)10(13(14)15)5-8(7)11/h1,4-6H,2H3. The van der Waals surface area contributed by atoms with Crippen molar-refractivity contribution in [3.63, 3.8) is 0 Å². The van der Waals surface area contributed by atoms with Gasteiger partial charge in [-0.15, -0.1) is 6.42 Å². The number of benzene rings is 1. The molecule has 1 aromatic carbocycles. The van der Waals surface area contributed by atoms with Crippen molar-refractivity contribution in [1.29, 1.82) is 0 Å². The summed E-state index contributed by atoms with van der Waals surface area (Å²) in [7, 11) is 0. The van der Waals surface area contributed by atoms with Crippen LogP contribution in [-0.4, -0.2) is 4.92 Å². The van der Waals surface area contributed by atoms with Gasteiger partial charge in [0, 0.05) is 11.5 Å². The van der Waals surface area contributed by atoms with E-state index in [1.54, 1.807) is 0 Å². The van der Waals surface area contributed by atoms with Crippen LogP contribution in [0.2, 0.25) is 0 Å². The lowest BCUT2D eigenvalue weighted by Crippen LogP contribution is -2.00. The average Bonchev–Trinajstić information content (AvgIpc) is 2.19. The number of hydrogen-bond donors (Lipinski definition) is 0. The first kappa shape index (κ1) is 11.1. The van der Waals surface area contributed by atoms with Crippen LogP contribution < -0.4 is 0 Å². The predicted octanol–water partition coefficient (Wildman–Crippen LogP) is 2.61. The molecule has 5 heteroatoms. The number of terminal acetylenes is 1. The summed E-state index contributed by atoms with van der Waals surface area (Å²) in [4.78, 5) is 9.30. The van der Waals surface area contributed by atoms with Gasteiger partial charge in [0.1, 0.15) is 5.82 Å². The van der Waals surface area contributed by atoms with Crippen LogP contribution in [-0.2, 0) is 0 Å². The molecule has 3 nitrogen and oxygen atoms in total. The van der Waals surface area contributed by atoms with Gasteiger partial charge in [-0.2, -0.15) is 4.39 Å². The Morgan fingerprint density at radius 2 is 2.07 bits per heavy atom. The lowest BCUT2D eigenvalue weighted by molar-refractivity contribution is -0.387. The van der Waals surface area contributed by atoms with Crippen molar-refractivity contribution in [3.8, 4) is 12.3 Å².